The number of hydrogen-bond donors (Lipinski definition) is 2. The highest BCUT2D eigenvalue weighted by molar-refractivity contribution is 5.25. The van der Waals surface area contributed by atoms with Gasteiger partial charge >= 0.3 is 0 Å². The predicted octanol–water partition coefficient (Wildman–Crippen LogP) is 4.07. The van der Waals surface area contributed by atoms with E-state index in [0.29, 0.717) is 17.8 Å². The maximum absolute atomic E-state index is 5.83. The van der Waals surface area contributed by atoms with Crippen molar-refractivity contribution in [3.63, 3.8) is 0 Å². The van der Waals surface area contributed by atoms with E-state index in [0.717, 1.165) is 6.42 Å². The molecule has 0 radical (unpaired) electrons. The zero-order valence-corrected chi connectivity index (χ0v) is 13.1. The highest BCUT2D eigenvalue weighted by Crippen LogP contribution is 2.33. The maximum atomic E-state index is 5.83. The quantitative estimate of drug-likeness (QED) is 0.574. The Labute approximate surface area is 118 Å². The van der Waals surface area contributed by atoms with Gasteiger partial charge in [-0.05, 0) is 35.3 Å². The van der Waals surface area contributed by atoms with Crippen molar-refractivity contribution in [1.29, 1.82) is 0 Å². The molecule has 1 aromatic carbocycles. The van der Waals surface area contributed by atoms with Crippen LogP contribution in [-0.4, -0.2) is 0 Å². The van der Waals surface area contributed by atoms with Gasteiger partial charge < -0.3 is 0 Å². The van der Waals surface area contributed by atoms with E-state index in [1.54, 1.807) is 0 Å². The molecule has 1 aromatic rings. The normalized spacial score (nSPS) is 13.5. The van der Waals surface area contributed by atoms with Gasteiger partial charge in [-0.15, -0.1) is 0 Å². The lowest BCUT2D eigenvalue weighted by Gasteiger charge is -2.33. The molecule has 0 saturated carbocycles. The fourth-order valence-corrected chi connectivity index (χ4v) is 3.15. The van der Waals surface area contributed by atoms with Gasteiger partial charge in [-0.2, -0.15) is 0 Å². The lowest BCUT2D eigenvalue weighted by Crippen LogP contribution is -2.38. The SMILES string of the molecule is CCCc1ccc(C(NN)C(C(C)C)C(C)C)cc1. The summed E-state index contributed by atoms with van der Waals surface area (Å²) in [6.45, 7) is 11.3. The van der Waals surface area contributed by atoms with E-state index in [2.05, 4.69) is 64.3 Å². The summed E-state index contributed by atoms with van der Waals surface area (Å²) in [5.74, 6) is 7.59. The third kappa shape index (κ3) is 4.32. The molecule has 0 fully saturated rings. The Morgan fingerprint density at radius 1 is 1.00 bits per heavy atom. The van der Waals surface area contributed by atoms with Crippen molar-refractivity contribution < 1.29 is 0 Å². The third-order valence-electron chi connectivity index (χ3n) is 3.98. The van der Waals surface area contributed by atoms with Crippen molar-refractivity contribution in [1.82, 2.24) is 5.43 Å². The zero-order chi connectivity index (χ0) is 14.4. The van der Waals surface area contributed by atoms with Crippen molar-refractivity contribution in [3.05, 3.63) is 35.4 Å². The van der Waals surface area contributed by atoms with Gasteiger partial charge in [0.2, 0.25) is 0 Å². The minimum absolute atomic E-state index is 0.232. The van der Waals surface area contributed by atoms with Crippen LogP contribution in [0, 0.1) is 17.8 Å². The number of nitrogens with two attached hydrogens (primary N) is 1. The summed E-state index contributed by atoms with van der Waals surface area (Å²) < 4.78 is 0. The van der Waals surface area contributed by atoms with Crippen LogP contribution in [0.1, 0.15) is 58.2 Å². The van der Waals surface area contributed by atoms with Crippen LogP contribution in [-0.2, 0) is 6.42 Å². The average Bonchev–Trinajstić information content (AvgIpc) is 2.36. The molecular weight excluding hydrogens is 232 g/mol. The number of hydrogen-bond acceptors (Lipinski definition) is 2. The maximum Gasteiger partial charge on any atom is 0.0493 e. The van der Waals surface area contributed by atoms with Crippen LogP contribution in [0.4, 0.5) is 0 Å². The second-order valence-corrected chi connectivity index (χ2v) is 6.20. The molecule has 1 atom stereocenters. The van der Waals surface area contributed by atoms with Crippen LogP contribution >= 0.6 is 0 Å². The fraction of sp³-hybridized carbons (Fsp3) is 0.647. The lowest BCUT2D eigenvalue weighted by molar-refractivity contribution is 0.211. The molecule has 0 aromatic heterocycles. The molecular formula is C17H30N2. The summed E-state index contributed by atoms with van der Waals surface area (Å²) >= 11 is 0. The third-order valence-corrected chi connectivity index (χ3v) is 3.98. The monoisotopic (exact) mass is 262 g/mol. The summed E-state index contributed by atoms with van der Waals surface area (Å²) in [4.78, 5) is 0. The summed E-state index contributed by atoms with van der Waals surface area (Å²) in [5, 5.41) is 0. The van der Waals surface area contributed by atoms with Crippen molar-refractivity contribution in [2.45, 2.75) is 53.5 Å². The molecule has 0 spiro atoms. The second kappa shape index (κ2) is 7.66. The van der Waals surface area contributed by atoms with Gasteiger partial charge in [0.15, 0.2) is 0 Å². The highest BCUT2D eigenvalue weighted by atomic mass is 15.2. The smallest absolute Gasteiger partial charge is 0.0493 e. The van der Waals surface area contributed by atoms with Crippen molar-refractivity contribution in [2.75, 3.05) is 0 Å². The first-order valence-electron chi connectivity index (χ1n) is 7.56. The largest absolute Gasteiger partial charge is 0.271 e. The van der Waals surface area contributed by atoms with Crippen molar-refractivity contribution in [2.24, 2.45) is 23.6 Å². The second-order valence-electron chi connectivity index (χ2n) is 6.20. The Bertz CT molecular complexity index is 346. The number of nitrogens with one attached hydrogen (secondary N) is 1. The highest BCUT2D eigenvalue weighted by Gasteiger charge is 2.27. The van der Waals surface area contributed by atoms with Crippen molar-refractivity contribution >= 4 is 0 Å². The van der Waals surface area contributed by atoms with E-state index in [9.17, 15) is 0 Å². The average molecular weight is 262 g/mol. The minimum atomic E-state index is 0.232. The Balaban J connectivity index is 2.95. The van der Waals surface area contributed by atoms with Gasteiger partial charge in [-0.3, -0.25) is 11.3 Å². The van der Waals surface area contributed by atoms with E-state index in [1.807, 2.05) is 0 Å². The lowest BCUT2D eigenvalue weighted by atomic mass is 9.77. The first kappa shape index (κ1) is 16.2. The molecule has 108 valence electrons. The molecule has 1 rings (SSSR count). The molecule has 2 heteroatoms. The van der Waals surface area contributed by atoms with Gasteiger partial charge in [0, 0.05) is 6.04 Å². The van der Waals surface area contributed by atoms with Crippen LogP contribution in [0.2, 0.25) is 0 Å². The first-order chi connectivity index (χ1) is 9.01. The number of benzene rings is 1. The molecule has 2 nitrogen and oxygen atoms in total. The van der Waals surface area contributed by atoms with E-state index < -0.39 is 0 Å². The van der Waals surface area contributed by atoms with Gasteiger partial charge in [0.05, 0.1) is 0 Å². The van der Waals surface area contributed by atoms with Gasteiger partial charge in [-0.1, -0.05) is 65.3 Å². The summed E-state index contributed by atoms with van der Waals surface area (Å²) in [6.07, 6.45) is 2.34. The van der Waals surface area contributed by atoms with Crippen molar-refractivity contribution in [3.8, 4) is 0 Å². The number of hydrazine groups is 1. The molecule has 0 saturated heterocycles. The molecule has 0 bridgehead atoms. The van der Waals surface area contributed by atoms with Crippen LogP contribution in [0.5, 0.6) is 0 Å². The fourth-order valence-electron chi connectivity index (χ4n) is 3.15. The van der Waals surface area contributed by atoms with E-state index in [1.165, 1.54) is 17.5 Å². The van der Waals surface area contributed by atoms with Crippen LogP contribution in [0.25, 0.3) is 0 Å². The van der Waals surface area contributed by atoms with Crippen LogP contribution < -0.4 is 11.3 Å². The zero-order valence-electron chi connectivity index (χ0n) is 13.1. The van der Waals surface area contributed by atoms with Gasteiger partial charge in [-0.25, -0.2) is 0 Å². The Hall–Kier alpha value is -0.860. The van der Waals surface area contributed by atoms with E-state index in [4.69, 9.17) is 5.84 Å². The Morgan fingerprint density at radius 3 is 1.89 bits per heavy atom. The standard InChI is InChI=1S/C17H30N2/c1-6-7-14-8-10-15(11-9-14)17(19-18)16(12(2)3)13(4)5/h8-13,16-17,19H,6-7,18H2,1-5H3. The molecule has 0 aliphatic heterocycles. The number of aryl methyl sites for hydroxylation is 1. The Kier molecular flexibility index (Phi) is 6.53. The Morgan fingerprint density at radius 2 is 1.53 bits per heavy atom. The van der Waals surface area contributed by atoms with Crippen LogP contribution in [0.3, 0.4) is 0 Å². The first-order valence-corrected chi connectivity index (χ1v) is 7.56. The van der Waals surface area contributed by atoms with Gasteiger partial charge in [0.1, 0.15) is 0 Å². The summed E-state index contributed by atoms with van der Waals surface area (Å²) in [6, 6.07) is 9.16. The topological polar surface area (TPSA) is 38.0 Å². The number of rotatable bonds is 7. The van der Waals surface area contributed by atoms with E-state index >= 15 is 0 Å². The summed E-state index contributed by atoms with van der Waals surface area (Å²) in [5.41, 5.74) is 5.74. The molecule has 0 heterocycles. The van der Waals surface area contributed by atoms with Gasteiger partial charge in [0.25, 0.3) is 0 Å². The molecule has 0 aliphatic rings. The minimum Gasteiger partial charge on any atom is -0.271 e. The van der Waals surface area contributed by atoms with Crippen LogP contribution in [0.15, 0.2) is 24.3 Å². The molecule has 3 N–H and O–H groups in total. The predicted molar refractivity (Wildman–Crippen MR) is 83.7 cm³/mol. The van der Waals surface area contributed by atoms with E-state index in [-0.39, 0.29) is 6.04 Å². The molecule has 0 amide bonds. The molecule has 1 unspecified atom stereocenters. The molecule has 19 heavy (non-hydrogen) atoms. The summed E-state index contributed by atoms with van der Waals surface area (Å²) in [7, 11) is 0. The molecule has 0 aliphatic carbocycles.